The van der Waals surface area contributed by atoms with Crippen LogP contribution in [0.15, 0.2) is 42.5 Å². The van der Waals surface area contributed by atoms with Crippen LogP contribution in [0, 0.1) is 18.6 Å². The first-order chi connectivity index (χ1) is 12.4. The quantitative estimate of drug-likeness (QED) is 0.646. The van der Waals surface area contributed by atoms with Crippen LogP contribution in [-0.2, 0) is 6.61 Å². The fourth-order valence-corrected chi connectivity index (χ4v) is 3.17. The van der Waals surface area contributed by atoms with Crippen LogP contribution in [-0.4, -0.2) is 10.9 Å². The Hall–Kier alpha value is -2.51. The number of hydrogen-bond donors (Lipinski definition) is 1. The van der Waals surface area contributed by atoms with Gasteiger partial charge in [0.15, 0.2) is 0 Å². The number of rotatable bonds is 5. The van der Waals surface area contributed by atoms with Crippen LogP contribution in [0.5, 0.6) is 5.75 Å². The highest BCUT2D eigenvalue weighted by Crippen LogP contribution is 2.23. The zero-order valence-corrected chi connectivity index (χ0v) is 15.1. The largest absolute Gasteiger partial charge is 0.486 e. The molecule has 0 saturated carbocycles. The molecule has 26 heavy (non-hydrogen) atoms. The van der Waals surface area contributed by atoms with Gasteiger partial charge in [0.1, 0.15) is 33.9 Å². The van der Waals surface area contributed by atoms with Crippen LogP contribution in [0.2, 0.25) is 5.02 Å². The van der Waals surface area contributed by atoms with Crippen LogP contribution in [0.25, 0.3) is 0 Å². The Bertz CT molecular complexity index is 945. The number of thiazole rings is 1. The van der Waals surface area contributed by atoms with Crippen molar-refractivity contribution in [3.05, 3.63) is 74.7 Å². The zero-order chi connectivity index (χ0) is 18.7. The van der Waals surface area contributed by atoms with Gasteiger partial charge in [-0.1, -0.05) is 11.6 Å². The Labute approximate surface area is 157 Å². The topological polar surface area (TPSA) is 51.2 Å². The summed E-state index contributed by atoms with van der Waals surface area (Å²) in [7, 11) is 0. The van der Waals surface area contributed by atoms with Crippen molar-refractivity contribution in [2.24, 2.45) is 0 Å². The lowest BCUT2D eigenvalue weighted by Gasteiger charge is -2.05. The number of nitrogens with one attached hydrogen (secondary N) is 1. The van der Waals surface area contributed by atoms with Gasteiger partial charge in [-0.15, -0.1) is 11.3 Å². The number of benzene rings is 2. The van der Waals surface area contributed by atoms with Gasteiger partial charge in [0, 0.05) is 11.1 Å². The Kier molecular flexibility index (Phi) is 5.49. The second-order valence-corrected chi connectivity index (χ2v) is 6.86. The molecule has 8 heteroatoms. The Morgan fingerprint density at radius 3 is 2.65 bits per heavy atom. The summed E-state index contributed by atoms with van der Waals surface area (Å²) in [5.41, 5.74) is 0.410. The Morgan fingerprint density at radius 2 is 1.96 bits per heavy atom. The van der Waals surface area contributed by atoms with Gasteiger partial charge >= 0.3 is 0 Å². The van der Waals surface area contributed by atoms with Crippen molar-refractivity contribution < 1.29 is 18.3 Å². The predicted octanol–water partition coefficient (Wildman–Crippen LogP) is 5.21. The van der Waals surface area contributed by atoms with Crippen molar-refractivity contribution in [2.75, 3.05) is 5.32 Å². The first-order valence-corrected chi connectivity index (χ1v) is 8.73. The van der Waals surface area contributed by atoms with Crippen LogP contribution in [0.4, 0.5) is 14.5 Å². The molecule has 0 aliphatic heterocycles. The molecule has 1 aromatic heterocycles. The van der Waals surface area contributed by atoms with E-state index in [1.54, 1.807) is 31.2 Å². The Balaban J connectivity index is 1.68. The molecule has 0 bridgehead atoms. The number of aromatic nitrogens is 1. The first-order valence-electron chi connectivity index (χ1n) is 7.53. The van der Waals surface area contributed by atoms with E-state index in [4.69, 9.17) is 16.3 Å². The monoisotopic (exact) mass is 394 g/mol. The summed E-state index contributed by atoms with van der Waals surface area (Å²) in [6.07, 6.45) is 0. The van der Waals surface area contributed by atoms with E-state index >= 15 is 0 Å². The smallest absolute Gasteiger partial charge is 0.267 e. The maximum absolute atomic E-state index is 13.7. The molecule has 0 fully saturated rings. The number of carbonyl (C=O) groups excluding carboxylic acids is 1. The third-order valence-corrected chi connectivity index (χ3v) is 4.78. The Morgan fingerprint density at radius 1 is 1.23 bits per heavy atom. The van der Waals surface area contributed by atoms with E-state index in [0.717, 1.165) is 17.4 Å². The molecule has 0 spiro atoms. The second-order valence-electron chi connectivity index (χ2n) is 5.34. The molecule has 1 amide bonds. The lowest BCUT2D eigenvalue weighted by atomic mass is 10.3. The van der Waals surface area contributed by atoms with E-state index in [-0.39, 0.29) is 12.3 Å². The molecular weight excluding hydrogens is 382 g/mol. The molecule has 4 nitrogen and oxygen atoms in total. The fraction of sp³-hybridized carbons (Fsp3) is 0.111. The summed E-state index contributed by atoms with van der Waals surface area (Å²) < 4.78 is 32.2. The molecule has 134 valence electrons. The minimum atomic E-state index is -0.841. The zero-order valence-electron chi connectivity index (χ0n) is 13.6. The number of ether oxygens (including phenoxy) is 1. The van der Waals surface area contributed by atoms with E-state index in [1.807, 2.05) is 0 Å². The highest BCUT2D eigenvalue weighted by atomic mass is 35.5. The molecule has 1 heterocycles. The van der Waals surface area contributed by atoms with Gasteiger partial charge in [0.05, 0.1) is 11.4 Å². The predicted molar refractivity (Wildman–Crippen MR) is 96.9 cm³/mol. The number of aryl methyl sites for hydroxylation is 1. The first kappa shape index (κ1) is 18.3. The minimum Gasteiger partial charge on any atom is -0.486 e. The van der Waals surface area contributed by atoms with E-state index in [2.05, 4.69) is 10.3 Å². The van der Waals surface area contributed by atoms with Crippen LogP contribution >= 0.6 is 22.9 Å². The maximum atomic E-state index is 13.7. The molecule has 0 atom stereocenters. The summed E-state index contributed by atoms with van der Waals surface area (Å²) in [4.78, 5) is 17.0. The SMILES string of the molecule is Cc1nc(COc2ccc(Cl)cc2)sc1C(=O)Nc1ccc(F)cc1F. The number of amides is 1. The molecule has 0 unspecified atom stereocenters. The molecule has 0 radical (unpaired) electrons. The third-order valence-electron chi connectivity index (χ3n) is 3.40. The van der Waals surface area contributed by atoms with Crippen molar-refractivity contribution in [1.29, 1.82) is 0 Å². The molecule has 1 N–H and O–H groups in total. The van der Waals surface area contributed by atoms with E-state index in [9.17, 15) is 13.6 Å². The van der Waals surface area contributed by atoms with Crippen molar-refractivity contribution in [3.63, 3.8) is 0 Å². The van der Waals surface area contributed by atoms with Crippen LogP contribution < -0.4 is 10.1 Å². The third kappa shape index (κ3) is 4.36. The number of hydrogen-bond acceptors (Lipinski definition) is 4. The lowest BCUT2D eigenvalue weighted by Crippen LogP contribution is -2.12. The van der Waals surface area contributed by atoms with Gasteiger partial charge in [-0.2, -0.15) is 0 Å². The summed E-state index contributed by atoms with van der Waals surface area (Å²) in [5.74, 6) is -1.44. The van der Waals surface area contributed by atoms with Gasteiger partial charge in [0.25, 0.3) is 5.91 Å². The second kappa shape index (κ2) is 7.80. The maximum Gasteiger partial charge on any atom is 0.267 e. The molecule has 2 aromatic carbocycles. The van der Waals surface area contributed by atoms with Gasteiger partial charge in [-0.25, -0.2) is 13.8 Å². The normalized spacial score (nSPS) is 10.6. The lowest BCUT2D eigenvalue weighted by molar-refractivity contribution is 0.102. The van der Waals surface area contributed by atoms with Gasteiger partial charge < -0.3 is 10.1 Å². The van der Waals surface area contributed by atoms with Gasteiger partial charge in [-0.05, 0) is 43.3 Å². The number of nitrogens with zero attached hydrogens (tertiary/aromatic N) is 1. The summed E-state index contributed by atoms with van der Waals surface area (Å²) in [6.45, 7) is 1.86. The van der Waals surface area contributed by atoms with Crippen molar-refractivity contribution in [1.82, 2.24) is 4.98 Å². The highest BCUT2D eigenvalue weighted by molar-refractivity contribution is 7.13. The molecule has 0 aliphatic carbocycles. The molecule has 3 rings (SSSR count). The van der Waals surface area contributed by atoms with Crippen molar-refractivity contribution >= 4 is 34.5 Å². The van der Waals surface area contributed by atoms with Gasteiger partial charge in [-0.3, -0.25) is 4.79 Å². The van der Waals surface area contributed by atoms with E-state index < -0.39 is 17.5 Å². The van der Waals surface area contributed by atoms with Gasteiger partial charge in [0.2, 0.25) is 0 Å². The molecule has 0 aliphatic rings. The van der Waals surface area contributed by atoms with E-state index in [1.165, 1.54) is 6.07 Å². The number of carbonyl (C=O) groups is 1. The summed E-state index contributed by atoms with van der Waals surface area (Å²) >= 11 is 6.96. The standard InChI is InChI=1S/C18H13ClF2N2O2S/c1-10-17(18(24)23-15-7-4-12(20)8-14(15)21)26-16(22-10)9-25-13-5-2-11(19)3-6-13/h2-8H,9H2,1H3,(H,23,24). The summed E-state index contributed by atoms with van der Waals surface area (Å²) in [5, 5.41) is 3.63. The summed E-state index contributed by atoms with van der Waals surface area (Å²) in [6, 6.07) is 9.83. The molecule has 3 aromatic rings. The highest BCUT2D eigenvalue weighted by Gasteiger charge is 2.17. The average Bonchev–Trinajstić information content (AvgIpc) is 2.98. The van der Waals surface area contributed by atoms with Crippen LogP contribution in [0.3, 0.4) is 0 Å². The number of halogens is 3. The van der Waals surface area contributed by atoms with Crippen LogP contribution in [0.1, 0.15) is 20.4 Å². The fourth-order valence-electron chi connectivity index (χ4n) is 2.17. The van der Waals surface area contributed by atoms with Crippen molar-refractivity contribution in [3.8, 4) is 5.75 Å². The molecular formula is C18H13ClF2N2O2S. The molecule has 0 saturated heterocycles. The van der Waals surface area contributed by atoms with E-state index in [0.29, 0.717) is 32.4 Å². The minimum absolute atomic E-state index is 0.0943. The number of anilines is 1. The van der Waals surface area contributed by atoms with Crippen molar-refractivity contribution in [2.45, 2.75) is 13.5 Å². The average molecular weight is 395 g/mol.